The third-order valence-electron chi connectivity index (χ3n) is 3.66. The molecule has 1 unspecified atom stereocenters. The second-order valence-electron chi connectivity index (χ2n) is 5.85. The van der Waals surface area contributed by atoms with E-state index in [9.17, 15) is 4.79 Å². The molecule has 0 aromatic carbocycles. The summed E-state index contributed by atoms with van der Waals surface area (Å²) >= 11 is 0. The van der Waals surface area contributed by atoms with Crippen LogP contribution in [0, 0.1) is 5.92 Å². The smallest absolute Gasteiger partial charge is 0.220 e. The van der Waals surface area contributed by atoms with Crippen molar-refractivity contribution in [2.75, 3.05) is 0 Å². The molecule has 0 spiro atoms. The summed E-state index contributed by atoms with van der Waals surface area (Å²) in [6.45, 7) is 4.02. The Labute approximate surface area is 105 Å². The van der Waals surface area contributed by atoms with E-state index in [1.54, 1.807) is 11.1 Å². The molecule has 0 bridgehead atoms. The minimum atomic E-state index is 0.215. The van der Waals surface area contributed by atoms with Crippen LogP contribution in [0.1, 0.15) is 65.2 Å². The van der Waals surface area contributed by atoms with Gasteiger partial charge < -0.3 is 5.32 Å². The van der Waals surface area contributed by atoms with Crippen LogP contribution in [0.4, 0.5) is 0 Å². The van der Waals surface area contributed by atoms with Gasteiger partial charge in [0.05, 0.1) is 0 Å². The summed E-state index contributed by atoms with van der Waals surface area (Å²) in [5.41, 5.74) is 3.56. The van der Waals surface area contributed by atoms with Crippen LogP contribution in [0.5, 0.6) is 0 Å². The van der Waals surface area contributed by atoms with E-state index >= 15 is 0 Å². The molecular formula is C15H25NO. The van der Waals surface area contributed by atoms with Crippen LogP contribution >= 0.6 is 0 Å². The number of carbonyl (C=O) groups excluding carboxylic acids is 1. The molecule has 0 aromatic rings. The Morgan fingerprint density at radius 2 is 2.06 bits per heavy atom. The molecule has 0 aliphatic heterocycles. The lowest BCUT2D eigenvalue weighted by atomic mass is 10.1. The molecule has 2 heteroatoms. The van der Waals surface area contributed by atoms with E-state index in [0.717, 1.165) is 12.3 Å². The van der Waals surface area contributed by atoms with Crippen LogP contribution in [0.15, 0.2) is 11.1 Å². The first kappa shape index (κ1) is 12.7. The highest BCUT2D eigenvalue weighted by Gasteiger charge is 2.34. The van der Waals surface area contributed by atoms with Crippen molar-refractivity contribution in [2.24, 2.45) is 5.92 Å². The number of allylic oxidation sites excluding steroid dienone is 2. The summed E-state index contributed by atoms with van der Waals surface area (Å²) in [5, 5.41) is 2.94. The number of amides is 1. The van der Waals surface area contributed by atoms with Gasteiger partial charge in [0, 0.05) is 12.5 Å². The molecule has 17 heavy (non-hydrogen) atoms. The van der Waals surface area contributed by atoms with Gasteiger partial charge in [-0.2, -0.15) is 0 Å². The first-order chi connectivity index (χ1) is 8.16. The number of unbranched alkanes of at least 4 members (excludes halogenated alkanes) is 2. The highest BCUT2D eigenvalue weighted by molar-refractivity contribution is 5.76. The summed E-state index contributed by atoms with van der Waals surface area (Å²) in [6, 6.07) is 0.279. The molecule has 2 fully saturated rings. The van der Waals surface area contributed by atoms with Crippen molar-refractivity contribution in [3.05, 3.63) is 11.1 Å². The molecule has 2 aliphatic rings. The van der Waals surface area contributed by atoms with Crippen LogP contribution < -0.4 is 5.32 Å². The minimum Gasteiger partial charge on any atom is -0.354 e. The van der Waals surface area contributed by atoms with Crippen molar-refractivity contribution < 1.29 is 4.79 Å². The van der Waals surface area contributed by atoms with Crippen LogP contribution in [0.25, 0.3) is 0 Å². The Morgan fingerprint density at radius 3 is 2.71 bits per heavy atom. The van der Waals surface area contributed by atoms with Crippen LogP contribution in [0.2, 0.25) is 0 Å². The van der Waals surface area contributed by atoms with E-state index < -0.39 is 0 Å². The monoisotopic (exact) mass is 235 g/mol. The summed E-state index contributed by atoms with van der Waals surface area (Å²) in [7, 11) is 0. The summed E-state index contributed by atoms with van der Waals surface area (Å²) in [5.74, 6) is 1.16. The van der Waals surface area contributed by atoms with Crippen molar-refractivity contribution in [1.29, 1.82) is 0 Å². The molecule has 2 saturated carbocycles. The molecule has 0 heterocycles. The van der Waals surface area contributed by atoms with Gasteiger partial charge >= 0.3 is 0 Å². The van der Waals surface area contributed by atoms with Gasteiger partial charge in [-0.05, 0) is 51.9 Å². The van der Waals surface area contributed by atoms with Crippen molar-refractivity contribution in [2.45, 2.75) is 71.3 Å². The standard InChI is InChI=1S/C15H25NO/c1-11(2)16-15(17)7-5-3-4-6-13-10-14(13)12-8-9-12/h11,13H,3-10H2,1-2H3,(H,16,17). The first-order valence-corrected chi connectivity index (χ1v) is 7.17. The van der Waals surface area contributed by atoms with E-state index in [-0.39, 0.29) is 11.9 Å². The van der Waals surface area contributed by atoms with Crippen LogP contribution in [0.3, 0.4) is 0 Å². The molecule has 0 radical (unpaired) electrons. The molecule has 0 saturated heterocycles. The van der Waals surface area contributed by atoms with Crippen molar-refractivity contribution in [1.82, 2.24) is 5.32 Å². The normalized spacial score (nSPS) is 21.9. The third kappa shape index (κ3) is 4.53. The van der Waals surface area contributed by atoms with Gasteiger partial charge in [-0.15, -0.1) is 0 Å². The second kappa shape index (κ2) is 5.70. The fourth-order valence-corrected chi connectivity index (χ4v) is 2.55. The van der Waals surface area contributed by atoms with Crippen LogP contribution in [-0.4, -0.2) is 11.9 Å². The van der Waals surface area contributed by atoms with E-state index in [2.05, 4.69) is 5.32 Å². The van der Waals surface area contributed by atoms with Gasteiger partial charge in [-0.25, -0.2) is 0 Å². The van der Waals surface area contributed by atoms with E-state index in [0.29, 0.717) is 6.42 Å². The summed E-state index contributed by atoms with van der Waals surface area (Å²) in [6.07, 6.45) is 9.81. The molecule has 1 atom stereocenters. The molecule has 2 rings (SSSR count). The van der Waals surface area contributed by atoms with Gasteiger partial charge in [-0.1, -0.05) is 24.0 Å². The second-order valence-corrected chi connectivity index (χ2v) is 5.85. The minimum absolute atomic E-state index is 0.215. The van der Waals surface area contributed by atoms with E-state index in [1.807, 2.05) is 13.8 Å². The Hall–Kier alpha value is -0.790. The fourth-order valence-electron chi connectivity index (χ4n) is 2.55. The lowest BCUT2D eigenvalue weighted by Gasteiger charge is -2.07. The first-order valence-electron chi connectivity index (χ1n) is 7.17. The van der Waals surface area contributed by atoms with Gasteiger partial charge in [0.1, 0.15) is 0 Å². The molecule has 1 amide bonds. The van der Waals surface area contributed by atoms with Gasteiger partial charge in [-0.3, -0.25) is 4.79 Å². The van der Waals surface area contributed by atoms with Crippen molar-refractivity contribution in [3.63, 3.8) is 0 Å². The number of rotatable bonds is 7. The number of hydrogen-bond acceptors (Lipinski definition) is 1. The van der Waals surface area contributed by atoms with Gasteiger partial charge in [0.2, 0.25) is 5.91 Å². The predicted octanol–water partition coefficient (Wildman–Crippen LogP) is 3.57. The Bertz CT molecular complexity index is 311. The predicted molar refractivity (Wildman–Crippen MR) is 70.7 cm³/mol. The average Bonchev–Trinajstić information content (AvgIpc) is 3.10. The molecule has 96 valence electrons. The van der Waals surface area contributed by atoms with Gasteiger partial charge in [0.25, 0.3) is 0 Å². The molecule has 1 N–H and O–H groups in total. The highest BCUT2D eigenvalue weighted by Crippen LogP contribution is 2.50. The number of nitrogens with one attached hydrogen (secondary N) is 1. The quantitative estimate of drug-likeness (QED) is 0.530. The Morgan fingerprint density at radius 1 is 1.29 bits per heavy atom. The maximum absolute atomic E-state index is 11.4. The maximum atomic E-state index is 11.4. The molecule has 0 aromatic heterocycles. The topological polar surface area (TPSA) is 29.1 Å². The largest absolute Gasteiger partial charge is 0.354 e. The molecule has 2 aliphatic carbocycles. The third-order valence-corrected chi connectivity index (χ3v) is 3.66. The zero-order chi connectivity index (χ0) is 12.3. The van der Waals surface area contributed by atoms with Crippen LogP contribution in [-0.2, 0) is 4.79 Å². The number of hydrogen-bond donors (Lipinski definition) is 1. The molecule has 2 nitrogen and oxygen atoms in total. The molecular weight excluding hydrogens is 210 g/mol. The highest BCUT2D eigenvalue weighted by atomic mass is 16.1. The Kier molecular flexibility index (Phi) is 4.25. The fraction of sp³-hybridized carbons (Fsp3) is 0.800. The lowest BCUT2D eigenvalue weighted by Crippen LogP contribution is -2.29. The van der Waals surface area contributed by atoms with Crippen molar-refractivity contribution in [3.8, 4) is 0 Å². The van der Waals surface area contributed by atoms with Gasteiger partial charge in [0.15, 0.2) is 0 Å². The van der Waals surface area contributed by atoms with E-state index in [4.69, 9.17) is 0 Å². The van der Waals surface area contributed by atoms with E-state index in [1.165, 1.54) is 38.5 Å². The summed E-state index contributed by atoms with van der Waals surface area (Å²) < 4.78 is 0. The zero-order valence-corrected chi connectivity index (χ0v) is 11.2. The summed E-state index contributed by atoms with van der Waals surface area (Å²) in [4.78, 5) is 11.4. The zero-order valence-electron chi connectivity index (χ0n) is 11.2. The Balaban J connectivity index is 1.44. The lowest BCUT2D eigenvalue weighted by molar-refractivity contribution is -0.121. The average molecular weight is 235 g/mol. The number of carbonyl (C=O) groups is 1. The maximum Gasteiger partial charge on any atom is 0.220 e. The van der Waals surface area contributed by atoms with Crippen molar-refractivity contribution >= 4 is 5.91 Å². The SMILES string of the molecule is CC(C)NC(=O)CCCCCC1CC1=C1CC1.